The minimum Gasteiger partial charge on any atom is -0.329 e. The van der Waals surface area contributed by atoms with Gasteiger partial charge in [-0.2, -0.15) is 0 Å². The number of nitrogens with two attached hydrogens (primary N) is 1. The van der Waals surface area contributed by atoms with Crippen LogP contribution in [0.4, 0.5) is 0 Å². The predicted octanol–water partition coefficient (Wildman–Crippen LogP) is 2.38. The Balaban J connectivity index is 1.95. The van der Waals surface area contributed by atoms with Crippen molar-refractivity contribution >= 4 is 11.3 Å². The molecule has 0 amide bonds. The number of rotatable bonds is 6. The van der Waals surface area contributed by atoms with Crippen LogP contribution in [0.2, 0.25) is 0 Å². The average molecular weight is 281 g/mol. The van der Waals surface area contributed by atoms with Crippen molar-refractivity contribution < 1.29 is 0 Å². The van der Waals surface area contributed by atoms with Crippen molar-refractivity contribution in [2.45, 2.75) is 38.3 Å². The molecule has 1 fully saturated rings. The maximum atomic E-state index is 6.13. The fraction of sp³-hybridized carbons (Fsp3) is 0.733. The van der Waals surface area contributed by atoms with E-state index in [-0.39, 0.29) is 5.54 Å². The van der Waals surface area contributed by atoms with Gasteiger partial charge in [-0.25, -0.2) is 0 Å². The highest BCUT2D eigenvalue weighted by molar-refractivity contribution is 7.09. The number of likely N-dealkylation sites (tertiary alicyclic amines) is 1. The molecule has 1 saturated heterocycles. The molecule has 0 unspecified atom stereocenters. The van der Waals surface area contributed by atoms with Crippen molar-refractivity contribution in [1.29, 1.82) is 0 Å². The molecule has 2 rings (SSSR count). The maximum Gasteiger partial charge on any atom is 0.0356 e. The fourth-order valence-electron chi connectivity index (χ4n) is 3.05. The number of hydrogen-bond donors (Lipinski definition) is 1. The van der Waals surface area contributed by atoms with Crippen molar-refractivity contribution in [3.8, 4) is 0 Å². The van der Waals surface area contributed by atoms with Gasteiger partial charge in [-0.15, -0.1) is 11.3 Å². The molecule has 1 aromatic rings. The lowest BCUT2D eigenvalue weighted by molar-refractivity contribution is 0.0407. The van der Waals surface area contributed by atoms with E-state index in [1.54, 1.807) is 0 Å². The Bertz CT molecular complexity index is 355. The van der Waals surface area contributed by atoms with Crippen LogP contribution in [0.15, 0.2) is 17.5 Å². The SMILES string of the molecule is CCCN1CCC(CN)(N(C)Cc2cccs2)CC1. The van der Waals surface area contributed by atoms with Crippen LogP contribution in [0.25, 0.3) is 0 Å². The maximum absolute atomic E-state index is 6.13. The molecule has 0 saturated carbocycles. The molecule has 0 spiro atoms. The number of likely N-dealkylation sites (N-methyl/N-ethyl adjacent to an activating group) is 1. The summed E-state index contributed by atoms with van der Waals surface area (Å²) in [6.07, 6.45) is 3.65. The average Bonchev–Trinajstić information content (AvgIpc) is 2.93. The van der Waals surface area contributed by atoms with E-state index in [1.807, 2.05) is 11.3 Å². The second-order valence-electron chi connectivity index (χ2n) is 5.71. The first kappa shape index (κ1) is 15.0. The number of nitrogens with zero attached hydrogens (tertiary/aromatic N) is 2. The van der Waals surface area contributed by atoms with Gasteiger partial charge in [0.15, 0.2) is 0 Å². The largest absolute Gasteiger partial charge is 0.329 e. The molecule has 1 aliphatic heterocycles. The van der Waals surface area contributed by atoms with Crippen molar-refractivity contribution in [2.24, 2.45) is 5.73 Å². The lowest BCUT2D eigenvalue weighted by atomic mass is 9.85. The molecule has 0 atom stereocenters. The summed E-state index contributed by atoms with van der Waals surface area (Å²) in [6.45, 7) is 7.68. The van der Waals surface area contributed by atoms with Crippen LogP contribution in [-0.4, -0.2) is 48.6 Å². The van der Waals surface area contributed by atoms with E-state index in [2.05, 4.69) is 41.3 Å². The lowest BCUT2D eigenvalue weighted by Gasteiger charge is -2.47. The van der Waals surface area contributed by atoms with E-state index < -0.39 is 0 Å². The van der Waals surface area contributed by atoms with Crippen LogP contribution < -0.4 is 5.73 Å². The van der Waals surface area contributed by atoms with Crippen LogP contribution in [0.3, 0.4) is 0 Å². The van der Waals surface area contributed by atoms with Crippen LogP contribution in [0.1, 0.15) is 31.1 Å². The highest BCUT2D eigenvalue weighted by Gasteiger charge is 2.36. The van der Waals surface area contributed by atoms with Gasteiger partial charge in [0.1, 0.15) is 0 Å². The van der Waals surface area contributed by atoms with Crippen molar-refractivity contribution in [2.75, 3.05) is 33.2 Å². The molecular formula is C15H27N3S. The lowest BCUT2D eigenvalue weighted by Crippen LogP contribution is -2.57. The van der Waals surface area contributed by atoms with Gasteiger partial charge < -0.3 is 10.6 Å². The van der Waals surface area contributed by atoms with Crippen LogP contribution in [0.5, 0.6) is 0 Å². The van der Waals surface area contributed by atoms with E-state index in [1.165, 1.54) is 43.8 Å². The Morgan fingerprint density at radius 3 is 2.68 bits per heavy atom. The van der Waals surface area contributed by atoms with E-state index in [0.717, 1.165) is 13.1 Å². The quantitative estimate of drug-likeness (QED) is 0.869. The van der Waals surface area contributed by atoms with E-state index in [0.29, 0.717) is 0 Å². The summed E-state index contributed by atoms with van der Waals surface area (Å²) in [4.78, 5) is 6.50. The summed E-state index contributed by atoms with van der Waals surface area (Å²) in [7, 11) is 2.24. The summed E-state index contributed by atoms with van der Waals surface area (Å²) in [5, 5.41) is 2.15. The van der Waals surface area contributed by atoms with Gasteiger partial charge in [0.05, 0.1) is 0 Å². The second kappa shape index (κ2) is 6.84. The highest BCUT2D eigenvalue weighted by Crippen LogP contribution is 2.29. The van der Waals surface area contributed by atoms with Gasteiger partial charge >= 0.3 is 0 Å². The van der Waals surface area contributed by atoms with Gasteiger partial charge in [0.25, 0.3) is 0 Å². The molecule has 2 heterocycles. The van der Waals surface area contributed by atoms with E-state index in [9.17, 15) is 0 Å². The molecule has 0 bridgehead atoms. The van der Waals surface area contributed by atoms with E-state index >= 15 is 0 Å². The summed E-state index contributed by atoms with van der Waals surface area (Å²) >= 11 is 1.84. The Kier molecular flexibility index (Phi) is 5.39. The van der Waals surface area contributed by atoms with Crippen molar-refractivity contribution in [3.63, 3.8) is 0 Å². The normalized spacial score (nSPS) is 20.0. The fourth-order valence-corrected chi connectivity index (χ4v) is 3.81. The molecular weight excluding hydrogens is 254 g/mol. The summed E-state index contributed by atoms with van der Waals surface area (Å²) in [5.74, 6) is 0. The van der Waals surface area contributed by atoms with Gasteiger partial charge in [0.2, 0.25) is 0 Å². The molecule has 4 heteroatoms. The third-order valence-corrected chi connectivity index (χ3v) is 5.35. The Hall–Kier alpha value is -0.420. The molecule has 108 valence electrons. The van der Waals surface area contributed by atoms with Crippen LogP contribution in [-0.2, 0) is 6.54 Å². The third-order valence-electron chi connectivity index (χ3n) is 4.49. The van der Waals surface area contributed by atoms with Gasteiger partial charge in [0, 0.05) is 23.5 Å². The number of piperidine rings is 1. The zero-order valence-electron chi connectivity index (χ0n) is 12.3. The van der Waals surface area contributed by atoms with Crippen molar-refractivity contribution in [3.05, 3.63) is 22.4 Å². The Labute approximate surface area is 121 Å². The molecule has 19 heavy (non-hydrogen) atoms. The Morgan fingerprint density at radius 1 is 1.42 bits per heavy atom. The molecule has 2 N–H and O–H groups in total. The first-order valence-corrected chi connectivity index (χ1v) is 8.24. The number of thiophene rings is 1. The first-order chi connectivity index (χ1) is 9.20. The molecule has 0 aliphatic carbocycles. The topological polar surface area (TPSA) is 32.5 Å². The zero-order valence-corrected chi connectivity index (χ0v) is 13.1. The smallest absolute Gasteiger partial charge is 0.0356 e. The number of hydrogen-bond acceptors (Lipinski definition) is 4. The van der Waals surface area contributed by atoms with Gasteiger partial charge in [-0.3, -0.25) is 4.90 Å². The zero-order chi connectivity index (χ0) is 13.7. The second-order valence-corrected chi connectivity index (χ2v) is 6.74. The van der Waals surface area contributed by atoms with E-state index in [4.69, 9.17) is 5.73 Å². The molecule has 0 radical (unpaired) electrons. The summed E-state index contributed by atoms with van der Waals surface area (Å²) in [6, 6.07) is 4.35. The van der Waals surface area contributed by atoms with Crippen molar-refractivity contribution in [1.82, 2.24) is 9.80 Å². The predicted molar refractivity (Wildman–Crippen MR) is 83.5 cm³/mol. The third kappa shape index (κ3) is 3.57. The standard InChI is InChI=1S/C15H27N3S/c1-3-8-18-9-6-15(13-16,7-10-18)17(2)12-14-5-4-11-19-14/h4-5,11H,3,6-10,12-13,16H2,1-2H3. The first-order valence-electron chi connectivity index (χ1n) is 7.36. The summed E-state index contributed by atoms with van der Waals surface area (Å²) < 4.78 is 0. The van der Waals surface area contributed by atoms with Crippen LogP contribution in [0, 0.1) is 0 Å². The molecule has 0 aromatic carbocycles. The molecule has 1 aliphatic rings. The van der Waals surface area contributed by atoms with Crippen LogP contribution >= 0.6 is 11.3 Å². The minimum absolute atomic E-state index is 0.203. The minimum atomic E-state index is 0.203. The Morgan fingerprint density at radius 2 is 2.16 bits per heavy atom. The highest BCUT2D eigenvalue weighted by atomic mass is 32.1. The van der Waals surface area contributed by atoms with Gasteiger partial charge in [-0.05, 0) is 57.4 Å². The van der Waals surface area contributed by atoms with Gasteiger partial charge in [-0.1, -0.05) is 13.0 Å². The molecule has 3 nitrogen and oxygen atoms in total. The summed E-state index contributed by atoms with van der Waals surface area (Å²) in [5.41, 5.74) is 6.33. The monoisotopic (exact) mass is 281 g/mol. The molecule has 1 aromatic heterocycles.